The quantitative estimate of drug-likeness (QED) is 0.570. The molecule has 0 N–H and O–H groups in total. The molecule has 0 aromatic heterocycles. The van der Waals surface area contributed by atoms with Gasteiger partial charge in [-0.1, -0.05) is 37.8 Å². The second kappa shape index (κ2) is 9.69. The third kappa shape index (κ3) is 7.11. The molecule has 0 bridgehead atoms. The van der Waals surface area contributed by atoms with Crippen molar-refractivity contribution in [3.8, 4) is 0 Å². The summed E-state index contributed by atoms with van der Waals surface area (Å²) in [6, 6.07) is 0. The van der Waals surface area contributed by atoms with E-state index in [0.717, 1.165) is 26.2 Å². The molecule has 2 nitrogen and oxygen atoms in total. The van der Waals surface area contributed by atoms with Gasteiger partial charge in [0.25, 0.3) is 0 Å². The zero-order valence-electron chi connectivity index (χ0n) is 10.2. The highest BCUT2D eigenvalue weighted by molar-refractivity contribution is 5.22. The molecule has 0 unspecified atom stereocenters. The van der Waals surface area contributed by atoms with E-state index in [1.54, 1.807) is 13.2 Å². The van der Waals surface area contributed by atoms with Gasteiger partial charge in [0.2, 0.25) is 0 Å². The smallest absolute Gasteiger partial charge is 0.0589 e. The number of likely N-dealkylation sites (N-methyl/N-ethyl adjacent to an activating group) is 1. The van der Waals surface area contributed by atoms with Crippen LogP contribution >= 0.6 is 0 Å². The Morgan fingerprint density at radius 1 is 1.47 bits per heavy atom. The van der Waals surface area contributed by atoms with Gasteiger partial charge in [0.05, 0.1) is 6.61 Å². The topological polar surface area (TPSA) is 12.5 Å². The Morgan fingerprint density at radius 2 is 2.20 bits per heavy atom. The van der Waals surface area contributed by atoms with Gasteiger partial charge in [0.15, 0.2) is 0 Å². The summed E-state index contributed by atoms with van der Waals surface area (Å²) in [5.41, 5.74) is 1.31. The van der Waals surface area contributed by atoms with Gasteiger partial charge < -0.3 is 4.74 Å². The average molecular weight is 209 g/mol. The predicted octanol–water partition coefficient (Wildman–Crippen LogP) is 2.64. The van der Waals surface area contributed by atoms with Crippen LogP contribution in [0.15, 0.2) is 36.5 Å². The number of hydrogen-bond acceptors (Lipinski definition) is 2. The SMILES string of the molecule is C=C/C=C\C(=C/C)CN(CC)CCOC. The van der Waals surface area contributed by atoms with Crippen LogP contribution in [0.1, 0.15) is 13.8 Å². The van der Waals surface area contributed by atoms with Crippen LogP contribution < -0.4 is 0 Å². The standard InChI is InChI=1S/C13H23NO/c1-5-8-9-13(6-2)12-14(7-3)10-11-15-4/h5-6,8-9H,1,7,10-12H2,2-4H3/b9-8-,13-6+. The van der Waals surface area contributed by atoms with Crippen molar-refractivity contribution in [2.45, 2.75) is 13.8 Å². The van der Waals surface area contributed by atoms with E-state index in [2.05, 4.69) is 37.5 Å². The van der Waals surface area contributed by atoms with E-state index >= 15 is 0 Å². The van der Waals surface area contributed by atoms with Crippen LogP contribution in [0.3, 0.4) is 0 Å². The van der Waals surface area contributed by atoms with Gasteiger partial charge in [-0.25, -0.2) is 0 Å². The summed E-state index contributed by atoms with van der Waals surface area (Å²) in [6.07, 6.45) is 8.01. The normalized spacial score (nSPS) is 12.7. The highest BCUT2D eigenvalue weighted by atomic mass is 16.5. The largest absolute Gasteiger partial charge is 0.383 e. The van der Waals surface area contributed by atoms with Crippen LogP contribution in [0.25, 0.3) is 0 Å². The molecular weight excluding hydrogens is 186 g/mol. The Hall–Kier alpha value is -0.860. The summed E-state index contributed by atoms with van der Waals surface area (Å²) in [5, 5.41) is 0. The lowest BCUT2D eigenvalue weighted by atomic mass is 10.2. The van der Waals surface area contributed by atoms with Crippen molar-refractivity contribution >= 4 is 0 Å². The Morgan fingerprint density at radius 3 is 2.67 bits per heavy atom. The molecule has 0 rings (SSSR count). The minimum absolute atomic E-state index is 0.788. The van der Waals surface area contributed by atoms with E-state index in [9.17, 15) is 0 Å². The second-order valence-electron chi connectivity index (χ2n) is 3.32. The van der Waals surface area contributed by atoms with Gasteiger partial charge in [-0.2, -0.15) is 0 Å². The van der Waals surface area contributed by atoms with E-state index in [4.69, 9.17) is 4.74 Å². The van der Waals surface area contributed by atoms with Gasteiger partial charge in [-0.05, 0) is 19.0 Å². The van der Waals surface area contributed by atoms with Crippen molar-refractivity contribution in [3.05, 3.63) is 36.5 Å². The molecule has 2 heteroatoms. The monoisotopic (exact) mass is 209 g/mol. The summed E-state index contributed by atoms with van der Waals surface area (Å²) < 4.78 is 5.08. The van der Waals surface area contributed by atoms with E-state index < -0.39 is 0 Å². The van der Waals surface area contributed by atoms with Crippen LogP contribution in [-0.2, 0) is 4.74 Å². The van der Waals surface area contributed by atoms with Crippen molar-refractivity contribution in [3.63, 3.8) is 0 Å². The second-order valence-corrected chi connectivity index (χ2v) is 3.32. The molecule has 0 aromatic rings. The zero-order chi connectivity index (χ0) is 11.5. The van der Waals surface area contributed by atoms with E-state index in [0.29, 0.717) is 0 Å². The molecule has 86 valence electrons. The van der Waals surface area contributed by atoms with E-state index in [1.165, 1.54) is 5.57 Å². The molecule has 0 aliphatic heterocycles. The molecule has 0 atom stereocenters. The molecule has 0 aliphatic carbocycles. The number of allylic oxidation sites excluding steroid dienone is 3. The summed E-state index contributed by atoms with van der Waals surface area (Å²) in [4.78, 5) is 2.35. The van der Waals surface area contributed by atoms with Crippen molar-refractivity contribution < 1.29 is 4.74 Å². The maximum Gasteiger partial charge on any atom is 0.0589 e. The Bertz CT molecular complexity index is 219. The van der Waals surface area contributed by atoms with Crippen LogP contribution in [0.5, 0.6) is 0 Å². The van der Waals surface area contributed by atoms with Gasteiger partial charge in [-0.15, -0.1) is 0 Å². The van der Waals surface area contributed by atoms with Gasteiger partial charge >= 0.3 is 0 Å². The molecule has 0 radical (unpaired) electrons. The molecule has 0 spiro atoms. The summed E-state index contributed by atoms with van der Waals surface area (Å²) in [5.74, 6) is 0. The van der Waals surface area contributed by atoms with Crippen LogP contribution in [-0.4, -0.2) is 38.3 Å². The van der Waals surface area contributed by atoms with Crippen LogP contribution in [0.2, 0.25) is 0 Å². The molecule has 0 amide bonds. The average Bonchev–Trinajstić information content (AvgIpc) is 2.28. The first-order valence-electron chi connectivity index (χ1n) is 5.44. The minimum atomic E-state index is 0.788. The van der Waals surface area contributed by atoms with Gasteiger partial charge in [-0.3, -0.25) is 4.90 Å². The Labute approximate surface area is 93.9 Å². The molecule has 0 heterocycles. The lowest BCUT2D eigenvalue weighted by Gasteiger charge is -2.20. The van der Waals surface area contributed by atoms with Crippen molar-refractivity contribution in [1.82, 2.24) is 4.90 Å². The highest BCUT2D eigenvalue weighted by Gasteiger charge is 2.02. The van der Waals surface area contributed by atoms with Gasteiger partial charge in [0, 0.05) is 20.2 Å². The number of hydrogen-bond donors (Lipinski definition) is 0. The van der Waals surface area contributed by atoms with E-state index in [1.807, 2.05) is 6.08 Å². The number of rotatable bonds is 8. The fraction of sp³-hybridized carbons (Fsp3) is 0.538. The first kappa shape index (κ1) is 14.1. The highest BCUT2D eigenvalue weighted by Crippen LogP contribution is 2.01. The van der Waals surface area contributed by atoms with Gasteiger partial charge in [0.1, 0.15) is 0 Å². The predicted molar refractivity (Wildman–Crippen MR) is 67.1 cm³/mol. The maximum atomic E-state index is 5.08. The third-order valence-corrected chi connectivity index (χ3v) is 2.28. The minimum Gasteiger partial charge on any atom is -0.383 e. The fourth-order valence-corrected chi connectivity index (χ4v) is 1.26. The lowest BCUT2D eigenvalue weighted by molar-refractivity contribution is 0.156. The van der Waals surface area contributed by atoms with Crippen LogP contribution in [0.4, 0.5) is 0 Å². The Kier molecular flexibility index (Phi) is 9.13. The first-order valence-corrected chi connectivity index (χ1v) is 5.44. The van der Waals surface area contributed by atoms with Crippen molar-refractivity contribution in [1.29, 1.82) is 0 Å². The maximum absolute atomic E-state index is 5.08. The first-order chi connectivity index (χ1) is 7.28. The number of methoxy groups -OCH3 is 1. The summed E-state index contributed by atoms with van der Waals surface area (Å²) in [6.45, 7) is 11.7. The summed E-state index contributed by atoms with van der Waals surface area (Å²) in [7, 11) is 1.74. The Balaban J connectivity index is 4.12. The molecule has 0 aliphatic rings. The summed E-state index contributed by atoms with van der Waals surface area (Å²) >= 11 is 0. The zero-order valence-corrected chi connectivity index (χ0v) is 10.2. The third-order valence-electron chi connectivity index (χ3n) is 2.28. The molecule has 0 saturated carbocycles. The number of nitrogens with zero attached hydrogens (tertiary/aromatic N) is 1. The molecule has 15 heavy (non-hydrogen) atoms. The van der Waals surface area contributed by atoms with Crippen molar-refractivity contribution in [2.24, 2.45) is 0 Å². The lowest BCUT2D eigenvalue weighted by Crippen LogP contribution is -2.28. The fourth-order valence-electron chi connectivity index (χ4n) is 1.26. The molecular formula is C13H23NO. The van der Waals surface area contributed by atoms with Crippen molar-refractivity contribution in [2.75, 3.05) is 33.4 Å². The molecule has 0 aromatic carbocycles. The van der Waals surface area contributed by atoms with Crippen LogP contribution in [0, 0.1) is 0 Å². The molecule has 0 saturated heterocycles. The van der Waals surface area contributed by atoms with E-state index in [-0.39, 0.29) is 0 Å². The molecule has 0 fully saturated rings. The number of ether oxygens (including phenoxy) is 1.